The number of fused-ring (bicyclic) bond motifs is 2. The Labute approximate surface area is 252 Å². The lowest BCUT2D eigenvalue weighted by Crippen LogP contribution is -2.02. The first-order chi connectivity index (χ1) is 20.4. The van der Waals surface area contributed by atoms with Crippen molar-refractivity contribution in [3.8, 4) is 11.1 Å². The molecule has 8 heteroatoms. The Bertz CT molecular complexity index is 1810. The van der Waals surface area contributed by atoms with Crippen LogP contribution in [0.15, 0.2) is 72.8 Å². The molecular formula is C34H30N4O2S2. The number of carbonyl (C=O) groups is 2. The zero-order valence-corrected chi connectivity index (χ0v) is 25.1. The molecule has 0 fully saturated rings. The van der Waals surface area contributed by atoms with Crippen LogP contribution < -0.4 is 11.5 Å². The molecule has 42 heavy (non-hydrogen) atoms. The van der Waals surface area contributed by atoms with Crippen molar-refractivity contribution in [3.05, 3.63) is 105 Å². The van der Waals surface area contributed by atoms with Gasteiger partial charge in [-0.05, 0) is 48.2 Å². The number of pyridine rings is 2. The third kappa shape index (κ3) is 5.08. The number of nitrogen functional groups attached to an aromatic ring is 2. The second-order valence-corrected chi connectivity index (χ2v) is 12.3. The summed E-state index contributed by atoms with van der Waals surface area (Å²) in [6, 6.07) is 22.8. The zero-order chi connectivity index (χ0) is 29.4. The molecule has 0 saturated heterocycles. The molecule has 4 heterocycles. The number of carbonyl (C=O) groups excluding carboxylic acids is 2. The maximum atomic E-state index is 13.3. The lowest BCUT2D eigenvalue weighted by Gasteiger charge is -2.06. The van der Waals surface area contributed by atoms with Gasteiger partial charge in [-0.15, -0.1) is 22.7 Å². The highest BCUT2D eigenvalue weighted by Crippen LogP contribution is 2.36. The predicted molar refractivity (Wildman–Crippen MR) is 175 cm³/mol. The molecule has 0 bridgehead atoms. The Morgan fingerprint density at radius 3 is 1.33 bits per heavy atom. The first-order valence-corrected chi connectivity index (χ1v) is 15.7. The molecule has 6 rings (SSSR count). The number of aromatic nitrogens is 2. The van der Waals surface area contributed by atoms with Crippen LogP contribution in [0.5, 0.6) is 0 Å². The van der Waals surface area contributed by atoms with Gasteiger partial charge < -0.3 is 11.5 Å². The fraction of sp³-hybridized carbons (Fsp3) is 0.176. The monoisotopic (exact) mass is 590 g/mol. The smallest absolute Gasteiger partial charge is 0.205 e. The first kappa shape index (κ1) is 27.8. The van der Waals surface area contributed by atoms with E-state index in [1.54, 1.807) is 0 Å². The van der Waals surface area contributed by atoms with Gasteiger partial charge in [0.25, 0.3) is 0 Å². The molecule has 0 atom stereocenters. The molecule has 0 saturated carbocycles. The molecule has 0 aliphatic carbocycles. The number of thiophene rings is 2. The number of rotatable bonds is 9. The van der Waals surface area contributed by atoms with Gasteiger partial charge in [-0.2, -0.15) is 0 Å². The number of nitrogens with two attached hydrogens (primary N) is 2. The number of anilines is 2. The number of benzene rings is 2. The van der Waals surface area contributed by atoms with Crippen molar-refractivity contribution in [1.82, 2.24) is 9.97 Å². The molecule has 0 radical (unpaired) electrons. The van der Waals surface area contributed by atoms with Crippen molar-refractivity contribution in [1.29, 1.82) is 0 Å². The average molecular weight is 591 g/mol. The molecular weight excluding hydrogens is 561 g/mol. The third-order valence-electron chi connectivity index (χ3n) is 7.36. The van der Waals surface area contributed by atoms with Crippen LogP contribution >= 0.6 is 22.7 Å². The summed E-state index contributed by atoms with van der Waals surface area (Å²) in [5.41, 5.74) is 18.7. The second-order valence-electron chi connectivity index (χ2n) is 10.3. The molecule has 0 aliphatic rings. The van der Waals surface area contributed by atoms with E-state index in [1.165, 1.54) is 22.7 Å². The van der Waals surface area contributed by atoms with E-state index in [9.17, 15) is 9.59 Å². The topological polar surface area (TPSA) is 112 Å². The summed E-state index contributed by atoms with van der Waals surface area (Å²) in [6.07, 6.45) is 3.80. The Balaban J connectivity index is 1.21. The van der Waals surface area contributed by atoms with E-state index in [4.69, 9.17) is 21.4 Å². The fourth-order valence-corrected chi connectivity index (χ4v) is 7.24. The highest BCUT2D eigenvalue weighted by molar-refractivity contribution is 7.21. The molecule has 2 aromatic carbocycles. The minimum atomic E-state index is -0.114. The molecule has 4 aromatic heterocycles. The quantitative estimate of drug-likeness (QED) is 0.165. The van der Waals surface area contributed by atoms with Crippen molar-refractivity contribution < 1.29 is 9.59 Å². The summed E-state index contributed by atoms with van der Waals surface area (Å²) in [4.78, 5) is 38.7. The molecule has 6 aromatic rings. The molecule has 0 spiro atoms. The fourth-order valence-electron chi connectivity index (χ4n) is 5.09. The highest BCUT2D eigenvalue weighted by atomic mass is 32.1. The first-order valence-electron chi connectivity index (χ1n) is 14.0. The van der Waals surface area contributed by atoms with Crippen molar-refractivity contribution in [2.75, 3.05) is 11.5 Å². The predicted octanol–water partition coefficient (Wildman–Crippen LogP) is 8.10. The van der Waals surface area contributed by atoms with Gasteiger partial charge in [-0.25, -0.2) is 9.97 Å². The lowest BCUT2D eigenvalue weighted by molar-refractivity contribution is 0.103. The number of ketones is 2. The average Bonchev–Trinajstić information content (AvgIpc) is 3.52. The van der Waals surface area contributed by atoms with Crippen molar-refractivity contribution >= 4 is 66.0 Å². The highest BCUT2D eigenvalue weighted by Gasteiger charge is 2.21. The van der Waals surface area contributed by atoms with Crippen LogP contribution in [0, 0.1) is 0 Å². The van der Waals surface area contributed by atoms with Crippen LogP contribution in [0.25, 0.3) is 31.6 Å². The number of aryl methyl sites for hydroxylation is 2. The molecule has 4 N–H and O–H groups in total. The summed E-state index contributed by atoms with van der Waals surface area (Å²) in [5.74, 6) is -0.227. The molecule has 6 nitrogen and oxygen atoms in total. The Kier molecular flexibility index (Phi) is 7.58. The third-order valence-corrected chi connectivity index (χ3v) is 9.58. The molecule has 210 valence electrons. The van der Waals surface area contributed by atoms with E-state index in [-0.39, 0.29) is 11.6 Å². The number of hydrogen-bond acceptors (Lipinski definition) is 8. The van der Waals surface area contributed by atoms with Gasteiger partial charge in [0, 0.05) is 33.3 Å². The van der Waals surface area contributed by atoms with E-state index in [0.29, 0.717) is 32.3 Å². The lowest BCUT2D eigenvalue weighted by atomic mass is 9.99. The van der Waals surface area contributed by atoms with Gasteiger partial charge in [0.1, 0.15) is 19.4 Å². The van der Waals surface area contributed by atoms with E-state index < -0.39 is 0 Å². The van der Waals surface area contributed by atoms with Gasteiger partial charge in [0.15, 0.2) is 0 Å². The summed E-state index contributed by atoms with van der Waals surface area (Å²) in [6.45, 7) is 4.23. The van der Waals surface area contributed by atoms with Crippen LogP contribution in [0.1, 0.15) is 68.5 Å². The van der Waals surface area contributed by atoms with Crippen LogP contribution in [-0.2, 0) is 12.8 Å². The maximum absolute atomic E-state index is 13.3. The summed E-state index contributed by atoms with van der Waals surface area (Å²) >= 11 is 2.69. The summed E-state index contributed by atoms with van der Waals surface area (Å²) in [5, 5.41) is 1.65. The summed E-state index contributed by atoms with van der Waals surface area (Å²) in [7, 11) is 0. The van der Waals surface area contributed by atoms with Gasteiger partial charge in [0.05, 0.1) is 11.4 Å². The van der Waals surface area contributed by atoms with E-state index in [2.05, 4.69) is 13.8 Å². The largest absolute Gasteiger partial charge is 0.397 e. The van der Waals surface area contributed by atoms with E-state index >= 15 is 0 Å². The molecule has 0 aliphatic heterocycles. The SMILES string of the molecule is CCCc1ccc2c(N)c(C(=O)c3ccc(-c4ccc(C(=O)c5sc6nc(CCC)ccc6c5N)cc4)cc3)sc2n1. The Hall–Kier alpha value is -4.40. The standard InChI is InChI=1S/C34H30N4O2S2/c1-3-5-23-15-17-25-27(35)31(41-33(25)37-23)29(39)21-11-7-19(8-12-21)20-9-13-22(14-10-20)30(40)32-28(36)26-18-16-24(6-4-2)38-34(26)42-32/h7-18H,3-6,35-36H2,1-2H3. The minimum absolute atomic E-state index is 0.114. The molecule has 0 amide bonds. The van der Waals surface area contributed by atoms with Crippen LogP contribution in [0.4, 0.5) is 11.4 Å². The van der Waals surface area contributed by atoms with Gasteiger partial charge >= 0.3 is 0 Å². The number of hydrogen-bond donors (Lipinski definition) is 2. The van der Waals surface area contributed by atoms with Crippen molar-refractivity contribution in [2.45, 2.75) is 39.5 Å². The van der Waals surface area contributed by atoms with Crippen molar-refractivity contribution in [2.24, 2.45) is 0 Å². The van der Waals surface area contributed by atoms with Gasteiger partial charge in [-0.3, -0.25) is 9.59 Å². The van der Waals surface area contributed by atoms with Crippen LogP contribution in [-0.4, -0.2) is 21.5 Å². The Morgan fingerprint density at radius 1 is 0.595 bits per heavy atom. The van der Waals surface area contributed by atoms with Crippen LogP contribution in [0.2, 0.25) is 0 Å². The summed E-state index contributed by atoms with van der Waals surface area (Å²) < 4.78 is 0. The van der Waals surface area contributed by atoms with Gasteiger partial charge in [-0.1, -0.05) is 75.2 Å². The normalized spacial score (nSPS) is 11.4. The van der Waals surface area contributed by atoms with Crippen LogP contribution in [0.3, 0.4) is 0 Å². The maximum Gasteiger partial charge on any atom is 0.205 e. The van der Waals surface area contributed by atoms with Crippen molar-refractivity contribution in [3.63, 3.8) is 0 Å². The van der Waals surface area contributed by atoms with Gasteiger partial charge in [0.2, 0.25) is 11.6 Å². The minimum Gasteiger partial charge on any atom is -0.397 e. The number of nitrogens with zero attached hydrogens (tertiary/aromatic N) is 2. The zero-order valence-electron chi connectivity index (χ0n) is 23.4. The molecule has 0 unspecified atom stereocenters. The van der Waals surface area contributed by atoms with E-state index in [1.807, 2.05) is 72.8 Å². The second kappa shape index (κ2) is 11.5. The Morgan fingerprint density at radius 2 is 0.976 bits per heavy atom. The van der Waals surface area contributed by atoms with E-state index in [0.717, 1.165) is 68.6 Å².